The molecule has 0 unspecified atom stereocenters. The Morgan fingerprint density at radius 1 is 1.22 bits per heavy atom. The van der Waals surface area contributed by atoms with E-state index in [0.29, 0.717) is 12.6 Å². The topological polar surface area (TPSA) is 69.3 Å². The van der Waals surface area contributed by atoms with Crippen molar-refractivity contribution in [3.8, 4) is 0 Å². The molecule has 0 bridgehead atoms. The largest absolute Gasteiger partial charge is 0.348 e. The molecule has 128 valence electrons. The molecular formula is C16H26N4O2S. The van der Waals surface area contributed by atoms with Gasteiger partial charge in [-0.2, -0.15) is 4.31 Å². The molecule has 1 aromatic heterocycles. The van der Waals surface area contributed by atoms with Crippen LogP contribution in [-0.2, 0) is 22.0 Å². The molecule has 4 rings (SSSR count). The van der Waals surface area contributed by atoms with E-state index in [1.807, 2.05) is 0 Å². The number of aromatic nitrogens is 2. The SMILES string of the molecule is CS(=O)(=O)N1CCc2[nH]cnc2C12CCN(C1CCCC1)CC2. The lowest BCUT2D eigenvalue weighted by atomic mass is 9.80. The van der Waals surface area contributed by atoms with Gasteiger partial charge in [0.1, 0.15) is 0 Å². The molecule has 1 spiro atoms. The summed E-state index contributed by atoms with van der Waals surface area (Å²) in [4.78, 5) is 10.3. The highest BCUT2D eigenvalue weighted by Gasteiger charge is 2.50. The number of piperidine rings is 1. The van der Waals surface area contributed by atoms with Crippen LogP contribution in [0.3, 0.4) is 0 Å². The summed E-state index contributed by atoms with van der Waals surface area (Å²) < 4.78 is 26.5. The maximum absolute atomic E-state index is 12.4. The van der Waals surface area contributed by atoms with Crippen molar-refractivity contribution < 1.29 is 8.42 Å². The van der Waals surface area contributed by atoms with Gasteiger partial charge >= 0.3 is 0 Å². The highest BCUT2D eigenvalue weighted by molar-refractivity contribution is 7.88. The zero-order chi connectivity index (χ0) is 16.1. The summed E-state index contributed by atoms with van der Waals surface area (Å²) >= 11 is 0. The highest BCUT2D eigenvalue weighted by atomic mass is 32.2. The standard InChI is InChI=1S/C16H26N4O2S/c1-23(21,22)20-9-6-14-15(18-12-17-14)16(20)7-10-19(11-8-16)13-4-2-3-5-13/h12-13H,2-11H2,1H3,(H,17,18). The summed E-state index contributed by atoms with van der Waals surface area (Å²) in [5.74, 6) is 0. The lowest BCUT2D eigenvalue weighted by molar-refractivity contribution is 0.0445. The summed E-state index contributed by atoms with van der Waals surface area (Å²) in [6, 6.07) is 0.710. The van der Waals surface area contributed by atoms with E-state index in [4.69, 9.17) is 0 Å². The number of rotatable bonds is 2. The number of likely N-dealkylation sites (tertiary alicyclic amines) is 1. The van der Waals surface area contributed by atoms with E-state index < -0.39 is 15.6 Å². The van der Waals surface area contributed by atoms with Crippen molar-refractivity contribution in [2.45, 2.75) is 56.5 Å². The Morgan fingerprint density at radius 2 is 1.91 bits per heavy atom. The molecule has 1 N–H and O–H groups in total. The number of sulfonamides is 1. The van der Waals surface area contributed by atoms with E-state index >= 15 is 0 Å². The van der Waals surface area contributed by atoms with Crippen molar-refractivity contribution in [3.63, 3.8) is 0 Å². The zero-order valence-corrected chi connectivity index (χ0v) is 14.6. The van der Waals surface area contributed by atoms with Crippen molar-refractivity contribution in [2.24, 2.45) is 0 Å². The third-order valence-corrected chi connectivity index (χ3v) is 7.40. The Hall–Kier alpha value is -0.920. The van der Waals surface area contributed by atoms with Gasteiger partial charge < -0.3 is 9.88 Å². The zero-order valence-electron chi connectivity index (χ0n) is 13.8. The smallest absolute Gasteiger partial charge is 0.212 e. The molecule has 7 heteroatoms. The number of aromatic amines is 1. The molecule has 2 fully saturated rings. The summed E-state index contributed by atoms with van der Waals surface area (Å²) in [7, 11) is -3.23. The second-order valence-corrected chi connectivity index (χ2v) is 9.23. The van der Waals surface area contributed by atoms with Gasteiger partial charge in [0.05, 0.1) is 23.8 Å². The summed E-state index contributed by atoms with van der Waals surface area (Å²) in [5.41, 5.74) is 1.66. The van der Waals surface area contributed by atoms with Gasteiger partial charge in [0.2, 0.25) is 10.0 Å². The molecule has 0 atom stereocenters. The van der Waals surface area contributed by atoms with Crippen molar-refractivity contribution >= 4 is 10.0 Å². The monoisotopic (exact) mass is 338 g/mol. The van der Waals surface area contributed by atoms with Crippen molar-refractivity contribution in [3.05, 3.63) is 17.7 Å². The van der Waals surface area contributed by atoms with Gasteiger partial charge in [-0.1, -0.05) is 12.8 Å². The fourth-order valence-corrected chi connectivity index (χ4v) is 6.28. The van der Waals surface area contributed by atoms with Gasteiger partial charge in [0, 0.05) is 37.8 Å². The third kappa shape index (κ3) is 2.53. The van der Waals surface area contributed by atoms with E-state index in [2.05, 4.69) is 14.9 Å². The molecule has 0 aromatic carbocycles. The van der Waals surface area contributed by atoms with E-state index in [9.17, 15) is 8.42 Å². The Morgan fingerprint density at radius 3 is 2.57 bits per heavy atom. The van der Waals surface area contributed by atoms with Gasteiger partial charge in [-0.15, -0.1) is 0 Å². The molecule has 1 aliphatic carbocycles. The average Bonchev–Trinajstić information content (AvgIpc) is 3.18. The predicted molar refractivity (Wildman–Crippen MR) is 88.6 cm³/mol. The van der Waals surface area contributed by atoms with Gasteiger partial charge in [-0.3, -0.25) is 0 Å². The molecule has 1 saturated heterocycles. The highest BCUT2D eigenvalue weighted by Crippen LogP contribution is 2.44. The summed E-state index contributed by atoms with van der Waals surface area (Å²) in [5, 5.41) is 0. The quantitative estimate of drug-likeness (QED) is 0.886. The minimum absolute atomic E-state index is 0.434. The Bertz CT molecular complexity index is 670. The predicted octanol–water partition coefficient (Wildman–Crippen LogP) is 1.46. The minimum atomic E-state index is -3.23. The lowest BCUT2D eigenvalue weighted by Crippen LogP contribution is -2.58. The first-order valence-electron chi connectivity index (χ1n) is 8.75. The fourth-order valence-electron chi connectivity index (χ4n) is 4.96. The van der Waals surface area contributed by atoms with Crippen LogP contribution in [-0.4, -0.2) is 59.5 Å². The van der Waals surface area contributed by atoms with E-state index in [1.54, 1.807) is 10.6 Å². The van der Waals surface area contributed by atoms with Crippen LogP contribution in [0.5, 0.6) is 0 Å². The Kier molecular flexibility index (Phi) is 3.77. The van der Waals surface area contributed by atoms with E-state index in [-0.39, 0.29) is 0 Å². The number of H-pyrrole nitrogens is 1. The molecule has 3 heterocycles. The summed E-state index contributed by atoms with van der Waals surface area (Å²) in [6.45, 7) is 2.52. The van der Waals surface area contributed by atoms with E-state index in [1.165, 1.54) is 31.9 Å². The molecule has 1 aromatic rings. The van der Waals surface area contributed by atoms with Crippen LogP contribution in [0.4, 0.5) is 0 Å². The second-order valence-electron chi connectivity index (χ2n) is 7.32. The fraction of sp³-hybridized carbons (Fsp3) is 0.812. The van der Waals surface area contributed by atoms with Crippen molar-refractivity contribution in [1.29, 1.82) is 0 Å². The van der Waals surface area contributed by atoms with Crippen LogP contribution in [0.2, 0.25) is 0 Å². The maximum atomic E-state index is 12.4. The van der Waals surface area contributed by atoms with Crippen molar-refractivity contribution in [1.82, 2.24) is 19.2 Å². The molecule has 1 saturated carbocycles. The minimum Gasteiger partial charge on any atom is -0.348 e. The Balaban J connectivity index is 1.64. The third-order valence-electron chi connectivity index (χ3n) is 6.07. The molecule has 6 nitrogen and oxygen atoms in total. The molecule has 23 heavy (non-hydrogen) atoms. The first-order chi connectivity index (χ1) is 11.0. The van der Waals surface area contributed by atoms with Gasteiger partial charge in [-0.25, -0.2) is 13.4 Å². The maximum Gasteiger partial charge on any atom is 0.212 e. The van der Waals surface area contributed by atoms with Gasteiger partial charge in [-0.05, 0) is 25.7 Å². The average molecular weight is 338 g/mol. The van der Waals surface area contributed by atoms with Gasteiger partial charge in [0.15, 0.2) is 0 Å². The molecule has 0 radical (unpaired) electrons. The number of hydrogen-bond acceptors (Lipinski definition) is 4. The first kappa shape index (κ1) is 15.6. The number of nitrogens with zero attached hydrogens (tertiary/aromatic N) is 3. The number of nitrogens with one attached hydrogen (secondary N) is 1. The first-order valence-corrected chi connectivity index (χ1v) is 10.6. The number of hydrogen-bond donors (Lipinski definition) is 1. The molecule has 3 aliphatic rings. The number of fused-ring (bicyclic) bond motifs is 2. The normalized spacial score (nSPS) is 26.7. The van der Waals surface area contributed by atoms with Crippen molar-refractivity contribution in [2.75, 3.05) is 25.9 Å². The van der Waals surface area contributed by atoms with E-state index in [0.717, 1.165) is 43.7 Å². The molecular weight excluding hydrogens is 312 g/mol. The van der Waals surface area contributed by atoms with Crippen LogP contribution in [0, 0.1) is 0 Å². The lowest BCUT2D eigenvalue weighted by Gasteiger charge is -2.50. The van der Waals surface area contributed by atoms with Gasteiger partial charge in [0.25, 0.3) is 0 Å². The van der Waals surface area contributed by atoms with Crippen LogP contribution in [0.15, 0.2) is 6.33 Å². The van der Waals surface area contributed by atoms with Crippen LogP contribution >= 0.6 is 0 Å². The van der Waals surface area contributed by atoms with Crippen LogP contribution in [0.1, 0.15) is 49.9 Å². The number of imidazole rings is 1. The molecule has 0 amide bonds. The molecule has 2 aliphatic heterocycles. The second kappa shape index (κ2) is 5.57. The van der Waals surface area contributed by atoms with Crippen LogP contribution in [0.25, 0.3) is 0 Å². The Labute approximate surface area is 138 Å². The summed E-state index contributed by atoms with van der Waals surface area (Å²) in [6.07, 6.45) is 10.8. The van der Waals surface area contributed by atoms with Crippen LogP contribution < -0.4 is 0 Å².